The molecule has 0 aliphatic heterocycles. The van der Waals surface area contributed by atoms with E-state index in [4.69, 9.17) is 9.47 Å². The fourth-order valence-electron chi connectivity index (χ4n) is 1.55. The summed E-state index contributed by atoms with van der Waals surface area (Å²) in [7, 11) is 1.58. The van der Waals surface area contributed by atoms with Crippen molar-refractivity contribution in [2.24, 2.45) is 0 Å². The van der Waals surface area contributed by atoms with E-state index >= 15 is 0 Å². The number of methoxy groups -OCH3 is 1. The second-order valence-corrected chi connectivity index (χ2v) is 3.96. The lowest BCUT2D eigenvalue weighted by molar-refractivity contribution is -0.128. The molecule has 0 aromatic heterocycles. The summed E-state index contributed by atoms with van der Waals surface area (Å²) in [5, 5.41) is 2.84. The molecule has 0 spiro atoms. The maximum Gasteiger partial charge on any atom is 0.261 e. The Kier molecular flexibility index (Phi) is 6.05. The van der Waals surface area contributed by atoms with Crippen molar-refractivity contribution in [2.45, 2.75) is 32.8 Å². The Labute approximate surface area is 108 Å². The van der Waals surface area contributed by atoms with E-state index in [-0.39, 0.29) is 5.91 Å². The van der Waals surface area contributed by atoms with E-state index < -0.39 is 6.10 Å². The van der Waals surface area contributed by atoms with Gasteiger partial charge < -0.3 is 14.8 Å². The zero-order valence-electron chi connectivity index (χ0n) is 11.2. The van der Waals surface area contributed by atoms with Crippen molar-refractivity contribution < 1.29 is 14.3 Å². The van der Waals surface area contributed by atoms with Crippen molar-refractivity contribution in [1.82, 2.24) is 5.32 Å². The lowest BCUT2D eigenvalue weighted by atomic mass is 10.2. The number of hydrogen-bond donors (Lipinski definition) is 1. The van der Waals surface area contributed by atoms with Gasteiger partial charge in [0.15, 0.2) is 17.6 Å². The molecule has 1 N–H and O–H groups in total. The van der Waals surface area contributed by atoms with E-state index in [0.29, 0.717) is 24.5 Å². The Morgan fingerprint density at radius 2 is 1.94 bits per heavy atom. The maximum atomic E-state index is 11.9. The molecule has 4 nitrogen and oxygen atoms in total. The molecule has 4 heteroatoms. The molecule has 0 bridgehead atoms. The molecule has 1 aromatic carbocycles. The summed E-state index contributed by atoms with van der Waals surface area (Å²) in [4.78, 5) is 11.9. The number of hydrogen-bond acceptors (Lipinski definition) is 3. The van der Waals surface area contributed by atoms with Crippen LogP contribution >= 0.6 is 0 Å². The lowest BCUT2D eigenvalue weighted by Gasteiger charge is -2.18. The molecule has 0 heterocycles. The number of ether oxygens (including phenoxy) is 2. The average molecular weight is 251 g/mol. The number of carbonyl (C=O) groups is 1. The quantitative estimate of drug-likeness (QED) is 0.809. The van der Waals surface area contributed by atoms with Gasteiger partial charge in [-0.05, 0) is 25.0 Å². The Balaban J connectivity index is 2.70. The van der Waals surface area contributed by atoms with E-state index in [1.54, 1.807) is 13.2 Å². The summed E-state index contributed by atoms with van der Waals surface area (Å²) in [5.41, 5.74) is 0. The van der Waals surface area contributed by atoms with Crippen LogP contribution in [0.25, 0.3) is 0 Å². The van der Waals surface area contributed by atoms with Crippen molar-refractivity contribution in [2.75, 3.05) is 13.7 Å². The first-order valence-corrected chi connectivity index (χ1v) is 6.30. The molecule has 1 atom stereocenters. The second kappa shape index (κ2) is 7.58. The van der Waals surface area contributed by atoms with Gasteiger partial charge in [-0.25, -0.2) is 0 Å². The monoisotopic (exact) mass is 251 g/mol. The highest BCUT2D eigenvalue weighted by Crippen LogP contribution is 2.27. The van der Waals surface area contributed by atoms with Gasteiger partial charge in [0.1, 0.15) is 0 Å². The number of para-hydroxylation sites is 2. The standard InChI is InChI=1S/C14H21NO3/c1-4-10-15-14(16)11(5-2)18-13-9-7-6-8-12(13)17-3/h6-9,11H,4-5,10H2,1-3H3,(H,15,16)/t11-/m0/s1. The van der Waals surface area contributed by atoms with Gasteiger partial charge in [-0.1, -0.05) is 26.0 Å². The second-order valence-electron chi connectivity index (χ2n) is 3.96. The molecule has 0 fully saturated rings. The smallest absolute Gasteiger partial charge is 0.261 e. The Bertz CT molecular complexity index is 379. The van der Waals surface area contributed by atoms with Crippen LogP contribution in [-0.4, -0.2) is 25.7 Å². The van der Waals surface area contributed by atoms with Gasteiger partial charge in [0, 0.05) is 6.54 Å². The third kappa shape index (κ3) is 3.95. The largest absolute Gasteiger partial charge is 0.493 e. The third-order valence-corrected chi connectivity index (χ3v) is 2.55. The molecule has 100 valence electrons. The van der Waals surface area contributed by atoms with E-state index in [9.17, 15) is 4.79 Å². The van der Waals surface area contributed by atoms with E-state index in [2.05, 4.69) is 5.32 Å². The Morgan fingerprint density at radius 3 is 2.50 bits per heavy atom. The van der Waals surface area contributed by atoms with Crippen LogP contribution in [0.15, 0.2) is 24.3 Å². The van der Waals surface area contributed by atoms with Crippen molar-refractivity contribution >= 4 is 5.91 Å². The molecule has 0 saturated heterocycles. The van der Waals surface area contributed by atoms with Gasteiger partial charge in [-0.15, -0.1) is 0 Å². The molecule has 1 aromatic rings. The number of benzene rings is 1. The first-order valence-electron chi connectivity index (χ1n) is 6.30. The van der Waals surface area contributed by atoms with E-state index in [1.165, 1.54) is 0 Å². The topological polar surface area (TPSA) is 47.6 Å². The van der Waals surface area contributed by atoms with Gasteiger partial charge in [-0.3, -0.25) is 4.79 Å². The van der Waals surface area contributed by atoms with Gasteiger partial charge in [0.2, 0.25) is 0 Å². The van der Waals surface area contributed by atoms with Crippen molar-refractivity contribution in [3.05, 3.63) is 24.3 Å². The fraction of sp³-hybridized carbons (Fsp3) is 0.500. The zero-order chi connectivity index (χ0) is 13.4. The number of amides is 1. The average Bonchev–Trinajstić information content (AvgIpc) is 2.42. The summed E-state index contributed by atoms with van der Waals surface area (Å²) in [6, 6.07) is 7.33. The number of rotatable bonds is 7. The van der Waals surface area contributed by atoms with Crippen LogP contribution in [0.5, 0.6) is 11.5 Å². The SMILES string of the molecule is CCCNC(=O)[C@H](CC)Oc1ccccc1OC. The molecular weight excluding hydrogens is 230 g/mol. The summed E-state index contributed by atoms with van der Waals surface area (Å²) >= 11 is 0. The van der Waals surface area contributed by atoms with Gasteiger partial charge in [0.05, 0.1) is 7.11 Å². The van der Waals surface area contributed by atoms with Crippen LogP contribution in [0.1, 0.15) is 26.7 Å². The molecular formula is C14H21NO3. The molecule has 0 radical (unpaired) electrons. The zero-order valence-corrected chi connectivity index (χ0v) is 11.2. The van der Waals surface area contributed by atoms with Crippen molar-refractivity contribution in [3.8, 4) is 11.5 Å². The van der Waals surface area contributed by atoms with Crippen LogP contribution in [-0.2, 0) is 4.79 Å². The normalized spacial score (nSPS) is 11.7. The minimum Gasteiger partial charge on any atom is -0.493 e. The highest BCUT2D eigenvalue weighted by Gasteiger charge is 2.19. The molecule has 1 rings (SSSR count). The summed E-state index contributed by atoms with van der Waals surface area (Å²) in [6.45, 7) is 4.61. The van der Waals surface area contributed by atoms with Crippen molar-refractivity contribution in [3.63, 3.8) is 0 Å². The van der Waals surface area contributed by atoms with Crippen LogP contribution in [0.4, 0.5) is 0 Å². The van der Waals surface area contributed by atoms with Gasteiger partial charge in [-0.2, -0.15) is 0 Å². The van der Waals surface area contributed by atoms with Gasteiger partial charge >= 0.3 is 0 Å². The predicted molar refractivity (Wildman–Crippen MR) is 71.0 cm³/mol. The summed E-state index contributed by atoms with van der Waals surface area (Å²) in [5.74, 6) is 1.16. The lowest BCUT2D eigenvalue weighted by Crippen LogP contribution is -2.38. The number of carbonyl (C=O) groups excluding carboxylic acids is 1. The number of nitrogens with one attached hydrogen (secondary N) is 1. The van der Waals surface area contributed by atoms with E-state index in [0.717, 1.165) is 6.42 Å². The molecule has 0 aliphatic carbocycles. The molecule has 0 aliphatic rings. The Hall–Kier alpha value is -1.71. The minimum atomic E-state index is -0.479. The minimum absolute atomic E-state index is 0.0785. The summed E-state index contributed by atoms with van der Waals surface area (Å²) < 4.78 is 10.9. The molecule has 0 saturated carbocycles. The predicted octanol–water partition coefficient (Wildman–Crippen LogP) is 2.38. The first kappa shape index (κ1) is 14.4. The highest BCUT2D eigenvalue weighted by molar-refractivity contribution is 5.81. The maximum absolute atomic E-state index is 11.9. The van der Waals surface area contributed by atoms with Gasteiger partial charge in [0.25, 0.3) is 5.91 Å². The van der Waals surface area contributed by atoms with E-state index in [1.807, 2.05) is 32.0 Å². The third-order valence-electron chi connectivity index (χ3n) is 2.55. The molecule has 18 heavy (non-hydrogen) atoms. The fourth-order valence-corrected chi connectivity index (χ4v) is 1.55. The highest BCUT2D eigenvalue weighted by atomic mass is 16.5. The van der Waals surface area contributed by atoms with Crippen LogP contribution in [0, 0.1) is 0 Å². The summed E-state index contributed by atoms with van der Waals surface area (Å²) in [6.07, 6.45) is 1.05. The van der Waals surface area contributed by atoms with Crippen LogP contribution in [0.3, 0.4) is 0 Å². The van der Waals surface area contributed by atoms with Crippen LogP contribution < -0.4 is 14.8 Å². The molecule has 0 unspecified atom stereocenters. The van der Waals surface area contributed by atoms with Crippen LogP contribution in [0.2, 0.25) is 0 Å². The molecule has 1 amide bonds. The van der Waals surface area contributed by atoms with Crippen molar-refractivity contribution in [1.29, 1.82) is 0 Å². The Morgan fingerprint density at radius 1 is 1.28 bits per heavy atom. The first-order chi connectivity index (χ1) is 8.72.